The normalized spacial score (nSPS) is 14.5. The largest absolute Gasteiger partial charge is 0.489 e. The van der Waals surface area contributed by atoms with E-state index in [9.17, 15) is 9.59 Å². The van der Waals surface area contributed by atoms with Gasteiger partial charge in [-0.3, -0.25) is 4.98 Å². The molecular weight excluding hydrogens is 360 g/mol. The zero-order valence-corrected chi connectivity index (χ0v) is 16.0. The molecule has 1 aromatic carbocycles. The number of piperidine rings is 1. The Morgan fingerprint density at radius 3 is 2.79 bits per heavy atom. The van der Waals surface area contributed by atoms with Gasteiger partial charge in [0.1, 0.15) is 17.9 Å². The molecule has 3 rings (SSSR count). The lowest BCUT2D eigenvalue weighted by Gasteiger charge is -2.31. The Morgan fingerprint density at radius 2 is 2.00 bits per heavy atom. The fourth-order valence-electron chi connectivity index (χ4n) is 3.18. The van der Waals surface area contributed by atoms with Gasteiger partial charge in [0, 0.05) is 30.7 Å². The number of urea groups is 1. The SMILES string of the molecule is CCOC(=O)N1CCC(NC(=O)NCCOc2cccc3cccnc23)CC1. The molecule has 0 spiro atoms. The van der Waals surface area contributed by atoms with Crippen LogP contribution in [-0.4, -0.2) is 60.9 Å². The number of ether oxygens (including phenoxy) is 2. The van der Waals surface area contributed by atoms with Gasteiger partial charge in [0.05, 0.1) is 13.2 Å². The van der Waals surface area contributed by atoms with E-state index in [1.807, 2.05) is 30.3 Å². The number of fused-ring (bicyclic) bond motifs is 1. The molecule has 1 aliphatic heterocycles. The molecule has 0 radical (unpaired) electrons. The van der Waals surface area contributed by atoms with Crippen LogP contribution in [0.1, 0.15) is 19.8 Å². The number of aromatic nitrogens is 1. The van der Waals surface area contributed by atoms with Crippen LogP contribution in [0, 0.1) is 0 Å². The average molecular weight is 386 g/mol. The summed E-state index contributed by atoms with van der Waals surface area (Å²) in [7, 11) is 0. The monoisotopic (exact) mass is 386 g/mol. The lowest BCUT2D eigenvalue weighted by atomic mass is 10.1. The summed E-state index contributed by atoms with van der Waals surface area (Å²) >= 11 is 0. The minimum absolute atomic E-state index is 0.0499. The molecule has 0 saturated carbocycles. The van der Waals surface area contributed by atoms with Crippen LogP contribution in [-0.2, 0) is 4.74 Å². The maximum Gasteiger partial charge on any atom is 0.409 e. The summed E-state index contributed by atoms with van der Waals surface area (Å²) in [5.74, 6) is 0.701. The minimum atomic E-state index is -0.287. The van der Waals surface area contributed by atoms with Crippen molar-refractivity contribution in [3.05, 3.63) is 36.5 Å². The Morgan fingerprint density at radius 1 is 1.21 bits per heavy atom. The summed E-state index contributed by atoms with van der Waals surface area (Å²) in [6, 6.07) is 9.45. The first-order valence-corrected chi connectivity index (χ1v) is 9.60. The van der Waals surface area contributed by atoms with Crippen LogP contribution < -0.4 is 15.4 Å². The highest BCUT2D eigenvalue weighted by atomic mass is 16.6. The highest BCUT2D eigenvalue weighted by molar-refractivity contribution is 5.84. The number of nitrogens with one attached hydrogen (secondary N) is 2. The Labute approximate surface area is 164 Å². The van der Waals surface area contributed by atoms with Gasteiger partial charge in [0.2, 0.25) is 0 Å². The molecule has 2 heterocycles. The minimum Gasteiger partial charge on any atom is -0.489 e. The second-order valence-corrected chi connectivity index (χ2v) is 6.54. The van der Waals surface area contributed by atoms with Crippen molar-refractivity contribution in [2.45, 2.75) is 25.8 Å². The topological polar surface area (TPSA) is 92.8 Å². The fourth-order valence-corrected chi connectivity index (χ4v) is 3.18. The summed E-state index contributed by atoms with van der Waals surface area (Å²) in [5, 5.41) is 6.76. The number of carbonyl (C=O) groups is 2. The molecule has 0 unspecified atom stereocenters. The van der Waals surface area contributed by atoms with Crippen LogP contribution in [0.2, 0.25) is 0 Å². The van der Waals surface area contributed by atoms with Crippen molar-refractivity contribution in [3.8, 4) is 5.75 Å². The van der Waals surface area contributed by atoms with Crippen molar-refractivity contribution in [2.75, 3.05) is 32.8 Å². The van der Waals surface area contributed by atoms with Crippen LogP contribution in [0.25, 0.3) is 10.9 Å². The number of hydrogen-bond donors (Lipinski definition) is 2. The second-order valence-electron chi connectivity index (χ2n) is 6.54. The van der Waals surface area contributed by atoms with Gasteiger partial charge >= 0.3 is 12.1 Å². The van der Waals surface area contributed by atoms with Gasteiger partial charge in [-0.2, -0.15) is 0 Å². The number of benzene rings is 1. The molecule has 150 valence electrons. The van der Waals surface area contributed by atoms with E-state index in [1.54, 1.807) is 18.0 Å². The van der Waals surface area contributed by atoms with Crippen molar-refractivity contribution in [1.82, 2.24) is 20.5 Å². The third kappa shape index (κ3) is 5.25. The fraction of sp³-hybridized carbons (Fsp3) is 0.450. The van der Waals surface area contributed by atoms with Gasteiger partial charge < -0.3 is 25.0 Å². The van der Waals surface area contributed by atoms with E-state index in [4.69, 9.17) is 9.47 Å². The van der Waals surface area contributed by atoms with Crippen molar-refractivity contribution >= 4 is 23.0 Å². The summed E-state index contributed by atoms with van der Waals surface area (Å²) in [4.78, 5) is 29.8. The standard InChI is InChI=1S/C20H26N4O4/c1-2-27-20(26)24-12-8-16(9-13-24)23-19(25)22-11-14-28-17-7-3-5-15-6-4-10-21-18(15)17/h3-7,10,16H,2,8-9,11-14H2,1H3,(H2,22,23,25). The van der Waals surface area contributed by atoms with Gasteiger partial charge in [0.15, 0.2) is 0 Å². The average Bonchev–Trinajstić information content (AvgIpc) is 2.72. The molecular formula is C20H26N4O4. The number of pyridine rings is 1. The molecule has 8 heteroatoms. The molecule has 1 fully saturated rings. The quantitative estimate of drug-likeness (QED) is 0.744. The van der Waals surface area contributed by atoms with E-state index in [2.05, 4.69) is 15.6 Å². The number of nitrogens with zero attached hydrogens (tertiary/aromatic N) is 2. The van der Waals surface area contributed by atoms with Crippen LogP contribution >= 0.6 is 0 Å². The summed E-state index contributed by atoms with van der Waals surface area (Å²) < 4.78 is 10.8. The Kier molecular flexibility index (Phi) is 6.89. The molecule has 0 bridgehead atoms. The van der Waals surface area contributed by atoms with Crippen molar-refractivity contribution < 1.29 is 19.1 Å². The smallest absolute Gasteiger partial charge is 0.409 e. The first kappa shape index (κ1) is 19.7. The zero-order valence-electron chi connectivity index (χ0n) is 16.0. The van der Waals surface area contributed by atoms with E-state index in [0.717, 1.165) is 10.9 Å². The van der Waals surface area contributed by atoms with Gasteiger partial charge in [-0.25, -0.2) is 9.59 Å². The molecule has 3 amide bonds. The summed E-state index contributed by atoms with van der Waals surface area (Å²) in [6.45, 7) is 4.07. The first-order chi connectivity index (χ1) is 13.7. The third-order valence-electron chi connectivity index (χ3n) is 4.60. The molecule has 2 aromatic rings. The predicted octanol–water partition coefficient (Wildman–Crippen LogP) is 2.53. The Hall–Kier alpha value is -3.03. The highest BCUT2D eigenvalue weighted by Gasteiger charge is 2.24. The zero-order chi connectivity index (χ0) is 19.8. The maximum atomic E-state index is 12.1. The Balaban J connectivity index is 1.36. The van der Waals surface area contributed by atoms with Crippen LogP contribution in [0.4, 0.5) is 9.59 Å². The van der Waals surface area contributed by atoms with Crippen molar-refractivity contribution in [3.63, 3.8) is 0 Å². The number of para-hydroxylation sites is 1. The van der Waals surface area contributed by atoms with Crippen LogP contribution in [0.3, 0.4) is 0 Å². The summed E-state index contributed by atoms with van der Waals surface area (Å²) in [6.07, 6.45) is 2.87. The van der Waals surface area contributed by atoms with Crippen molar-refractivity contribution in [1.29, 1.82) is 0 Å². The van der Waals surface area contributed by atoms with Gasteiger partial charge in [-0.1, -0.05) is 18.2 Å². The van der Waals surface area contributed by atoms with Crippen LogP contribution in [0.5, 0.6) is 5.75 Å². The van der Waals surface area contributed by atoms with Gasteiger partial charge in [-0.15, -0.1) is 0 Å². The predicted molar refractivity (Wildman–Crippen MR) is 105 cm³/mol. The maximum absolute atomic E-state index is 12.1. The molecule has 1 aromatic heterocycles. The van der Waals surface area contributed by atoms with E-state index in [0.29, 0.717) is 51.4 Å². The second kappa shape index (κ2) is 9.77. The van der Waals surface area contributed by atoms with Gasteiger partial charge in [0.25, 0.3) is 0 Å². The van der Waals surface area contributed by atoms with Gasteiger partial charge in [-0.05, 0) is 31.9 Å². The van der Waals surface area contributed by atoms with E-state index in [-0.39, 0.29) is 18.2 Å². The van der Waals surface area contributed by atoms with E-state index >= 15 is 0 Å². The lowest BCUT2D eigenvalue weighted by Crippen LogP contribution is -2.49. The first-order valence-electron chi connectivity index (χ1n) is 9.60. The van der Waals surface area contributed by atoms with Crippen LogP contribution in [0.15, 0.2) is 36.5 Å². The number of likely N-dealkylation sites (tertiary alicyclic amines) is 1. The molecule has 0 aliphatic carbocycles. The lowest BCUT2D eigenvalue weighted by molar-refractivity contribution is 0.0957. The molecule has 28 heavy (non-hydrogen) atoms. The number of hydrogen-bond acceptors (Lipinski definition) is 5. The van der Waals surface area contributed by atoms with E-state index < -0.39 is 0 Å². The molecule has 1 saturated heterocycles. The molecule has 2 N–H and O–H groups in total. The van der Waals surface area contributed by atoms with Crippen molar-refractivity contribution in [2.24, 2.45) is 0 Å². The van der Waals surface area contributed by atoms with E-state index in [1.165, 1.54) is 0 Å². The number of carbonyl (C=O) groups excluding carboxylic acids is 2. The Bertz CT molecular complexity index is 800. The molecule has 0 atom stereocenters. The molecule has 1 aliphatic rings. The number of amides is 3. The summed E-state index contributed by atoms with van der Waals surface area (Å²) in [5.41, 5.74) is 0.808. The highest BCUT2D eigenvalue weighted by Crippen LogP contribution is 2.22. The molecule has 8 nitrogen and oxygen atoms in total. The number of rotatable bonds is 6. The third-order valence-corrected chi connectivity index (χ3v) is 4.60.